The van der Waals surface area contributed by atoms with Crippen molar-refractivity contribution in [2.24, 2.45) is 0 Å². The van der Waals surface area contributed by atoms with E-state index in [9.17, 15) is 9.18 Å². The van der Waals surface area contributed by atoms with E-state index in [-0.39, 0.29) is 23.5 Å². The summed E-state index contributed by atoms with van der Waals surface area (Å²) in [4.78, 5) is 16.7. The fourth-order valence-corrected chi connectivity index (χ4v) is 3.09. The van der Waals surface area contributed by atoms with Gasteiger partial charge >= 0.3 is 0 Å². The van der Waals surface area contributed by atoms with Gasteiger partial charge in [-0.2, -0.15) is 0 Å². The number of amides is 1. The first-order chi connectivity index (χ1) is 11.6. The van der Waals surface area contributed by atoms with Crippen LogP contribution in [0.3, 0.4) is 0 Å². The Morgan fingerprint density at radius 2 is 2.04 bits per heavy atom. The van der Waals surface area contributed by atoms with Gasteiger partial charge in [-0.25, -0.2) is 4.39 Å². The van der Waals surface area contributed by atoms with Crippen molar-refractivity contribution in [3.05, 3.63) is 29.6 Å². The van der Waals surface area contributed by atoms with E-state index in [0.29, 0.717) is 6.04 Å². The molecule has 3 rings (SSSR count). The Morgan fingerprint density at radius 1 is 1.33 bits per heavy atom. The van der Waals surface area contributed by atoms with Gasteiger partial charge < -0.3 is 10.1 Å². The molecule has 1 N–H and O–H groups in total. The van der Waals surface area contributed by atoms with E-state index < -0.39 is 0 Å². The van der Waals surface area contributed by atoms with E-state index in [1.807, 2.05) is 13.0 Å². The molecule has 6 heteroatoms. The molecule has 1 aliphatic heterocycles. The summed E-state index contributed by atoms with van der Waals surface area (Å²) in [5.74, 6) is 0.0984. The normalized spacial score (nSPS) is 20.6. The van der Waals surface area contributed by atoms with Gasteiger partial charge in [0.2, 0.25) is 5.91 Å². The summed E-state index contributed by atoms with van der Waals surface area (Å²) in [5.41, 5.74) is 0.946. The van der Waals surface area contributed by atoms with Crippen LogP contribution >= 0.6 is 0 Å². The molecule has 1 aromatic rings. The second kappa shape index (κ2) is 7.49. The number of piperazine rings is 1. The standard InChI is InChI=1S/C18H26FN3O2/c1-13(18(23)20-15-4-5-15)22-9-7-21(8-10-22)12-14-3-6-17(24-2)16(19)11-14/h3,6,11,13,15H,4-5,7-10,12H2,1-2H3,(H,20,23). The topological polar surface area (TPSA) is 44.8 Å². The summed E-state index contributed by atoms with van der Waals surface area (Å²) in [6, 6.07) is 5.44. The van der Waals surface area contributed by atoms with E-state index in [2.05, 4.69) is 15.1 Å². The zero-order chi connectivity index (χ0) is 17.1. The summed E-state index contributed by atoms with van der Waals surface area (Å²) in [6.07, 6.45) is 2.23. The fourth-order valence-electron chi connectivity index (χ4n) is 3.09. The molecule has 1 saturated carbocycles. The predicted molar refractivity (Wildman–Crippen MR) is 90.4 cm³/mol. The number of nitrogens with zero attached hydrogens (tertiary/aromatic N) is 2. The number of methoxy groups -OCH3 is 1. The lowest BCUT2D eigenvalue weighted by Crippen LogP contribution is -2.53. The van der Waals surface area contributed by atoms with Crippen molar-refractivity contribution in [1.82, 2.24) is 15.1 Å². The number of hydrogen-bond acceptors (Lipinski definition) is 4. The molecule has 0 spiro atoms. The molecule has 0 radical (unpaired) electrons. The molecule has 2 fully saturated rings. The van der Waals surface area contributed by atoms with Crippen LogP contribution in [0, 0.1) is 5.82 Å². The van der Waals surface area contributed by atoms with Crippen LogP contribution in [0.25, 0.3) is 0 Å². The summed E-state index contributed by atoms with van der Waals surface area (Å²) >= 11 is 0. The second-order valence-electron chi connectivity index (χ2n) is 6.74. The Balaban J connectivity index is 1.47. The molecule has 1 saturated heterocycles. The minimum Gasteiger partial charge on any atom is -0.494 e. The number of carbonyl (C=O) groups is 1. The third-order valence-corrected chi connectivity index (χ3v) is 4.88. The Hall–Kier alpha value is -1.66. The van der Waals surface area contributed by atoms with Crippen molar-refractivity contribution < 1.29 is 13.9 Å². The van der Waals surface area contributed by atoms with E-state index in [1.165, 1.54) is 13.2 Å². The van der Waals surface area contributed by atoms with Crippen LogP contribution in [-0.4, -0.2) is 61.1 Å². The molecule has 1 heterocycles. The predicted octanol–water partition coefficient (Wildman–Crippen LogP) is 1.62. The van der Waals surface area contributed by atoms with Crippen molar-refractivity contribution in [2.75, 3.05) is 33.3 Å². The maximum Gasteiger partial charge on any atom is 0.237 e. The van der Waals surface area contributed by atoms with Crippen molar-refractivity contribution in [2.45, 2.75) is 38.4 Å². The molecule has 5 nitrogen and oxygen atoms in total. The van der Waals surface area contributed by atoms with E-state index in [4.69, 9.17) is 4.74 Å². The van der Waals surface area contributed by atoms with Gasteiger partial charge in [-0.15, -0.1) is 0 Å². The fraction of sp³-hybridized carbons (Fsp3) is 0.611. The molecular weight excluding hydrogens is 309 g/mol. The van der Waals surface area contributed by atoms with Gasteiger partial charge in [-0.1, -0.05) is 6.07 Å². The molecular formula is C18H26FN3O2. The number of carbonyl (C=O) groups excluding carboxylic acids is 1. The molecule has 1 amide bonds. The second-order valence-corrected chi connectivity index (χ2v) is 6.74. The maximum atomic E-state index is 13.8. The average molecular weight is 335 g/mol. The van der Waals surface area contributed by atoms with Gasteiger partial charge in [-0.3, -0.25) is 14.6 Å². The van der Waals surface area contributed by atoms with Gasteiger partial charge in [0.15, 0.2) is 11.6 Å². The highest BCUT2D eigenvalue weighted by atomic mass is 19.1. The molecule has 1 aliphatic carbocycles. The minimum atomic E-state index is -0.320. The zero-order valence-electron chi connectivity index (χ0n) is 14.4. The quantitative estimate of drug-likeness (QED) is 0.858. The van der Waals surface area contributed by atoms with Crippen molar-refractivity contribution in [3.63, 3.8) is 0 Å². The average Bonchev–Trinajstić information content (AvgIpc) is 3.39. The molecule has 24 heavy (non-hydrogen) atoms. The number of hydrogen-bond donors (Lipinski definition) is 1. The third kappa shape index (κ3) is 4.24. The number of rotatable bonds is 6. The van der Waals surface area contributed by atoms with Gasteiger partial charge in [0.25, 0.3) is 0 Å². The summed E-state index contributed by atoms with van der Waals surface area (Å²) < 4.78 is 18.7. The lowest BCUT2D eigenvalue weighted by atomic mass is 10.1. The monoisotopic (exact) mass is 335 g/mol. The Bertz CT molecular complexity index is 584. The SMILES string of the molecule is COc1ccc(CN2CCN(C(C)C(=O)NC3CC3)CC2)cc1F. The lowest BCUT2D eigenvalue weighted by molar-refractivity contribution is -0.126. The van der Waals surface area contributed by atoms with E-state index in [0.717, 1.165) is 51.1 Å². The molecule has 0 aromatic heterocycles. The number of benzene rings is 1. The third-order valence-electron chi connectivity index (χ3n) is 4.88. The highest BCUT2D eigenvalue weighted by Crippen LogP contribution is 2.20. The van der Waals surface area contributed by atoms with Crippen LogP contribution < -0.4 is 10.1 Å². The summed E-state index contributed by atoms with van der Waals surface area (Å²) in [7, 11) is 1.47. The molecule has 0 bridgehead atoms. The van der Waals surface area contributed by atoms with Gasteiger partial charge in [0.1, 0.15) is 0 Å². The minimum absolute atomic E-state index is 0.0776. The summed E-state index contributed by atoms with van der Waals surface area (Å²) in [6.45, 7) is 6.18. The van der Waals surface area contributed by atoms with Crippen molar-refractivity contribution in [1.29, 1.82) is 0 Å². The largest absolute Gasteiger partial charge is 0.494 e. The first kappa shape index (κ1) is 17.2. The highest BCUT2D eigenvalue weighted by molar-refractivity contribution is 5.81. The smallest absolute Gasteiger partial charge is 0.237 e. The van der Waals surface area contributed by atoms with Crippen LogP contribution in [-0.2, 0) is 11.3 Å². The van der Waals surface area contributed by atoms with E-state index >= 15 is 0 Å². The van der Waals surface area contributed by atoms with Crippen LogP contribution in [0.1, 0.15) is 25.3 Å². The van der Waals surface area contributed by atoms with Gasteiger partial charge in [-0.05, 0) is 37.5 Å². The van der Waals surface area contributed by atoms with Crippen LogP contribution in [0.15, 0.2) is 18.2 Å². The molecule has 1 unspecified atom stereocenters. The van der Waals surface area contributed by atoms with Crippen molar-refractivity contribution in [3.8, 4) is 5.75 Å². The molecule has 1 atom stereocenters. The number of ether oxygens (including phenoxy) is 1. The Kier molecular flexibility index (Phi) is 5.36. The number of nitrogens with one attached hydrogen (secondary N) is 1. The highest BCUT2D eigenvalue weighted by Gasteiger charge is 2.29. The van der Waals surface area contributed by atoms with E-state index in [1.54, 1.807) is 6.07 Å². The molecule has 132 valence electrons. The van der Waals surface area contributed by atoms with Gasteiger partial charge in [0, 0.05) is 38.8 Å². The number of halogens is 1. The van der Waals surface area contributed by atoms with Crippen LogP contribution in [0.4, 0.5) is 4.39 Å². The lowest BCUT2D eigenvalue weighted by Gasteiger charge is -2.37. The van der Waals surface area contributed by atoms with Gasteiger partial charge in [0.05, 0.1) is 13.2 Å². The first-order valence-corrected chi connectivity index (χ1v) is 8.66. The first-order valence-electron chi connectivity index (χ1n) is 8.66. The van der Waals surface area contributed by atoms with Crippen molar-refractivity contribution >= 4 is 5.91 Å². The Morgan fingerprint density at radius 3 is 2.62 bits per heavy atom. The van der Waals surface area contributed by atoms with Crippen LogP contribution in [0.5, 0.6) is 5.75 Å². The molecule has 2 aliphatic rings. The molecule has 1 aromatic carbocycles. The summed E-state index contributed by atoms with van der Waals surface area (Å²) in [5, 5.41) is 3.07. The Labute approximate surface area is 142 Å². The maximum absolute atomic E-state index is 13.8. The van der Waals surface area contributed by atoms with Crippen LogP contribution in [0.2, 0.25) is 0 Å². The zero-order valence-corrected chi connectivity index (χ0v) is 14.4.